The highest BCUT2D eigenvalue weighted by molar-refractivity contribution is 6.06. The molecule has 5 amide bonds. The highest BCUT2D eigenvalue weighted by Gasteiger charge is 2.39. The number of nitro benzene ring substituents is 1. The molecule has 0 bridgehead atoms. The number of unbranched alkanes of at least 4 members (excludes halogenated alkanes) is 6. The molecule has 14 heteroatoms. The molecule has 0 aliphatic carbocycles. The number of hydrogen-bond acceptors (Lipinski definition) is 9. The van der Waals surface area contributed by atoms with Gasteiger partial charge < -0.3 is 20.0 Å². The largest absolute Gasteiger partial charge is 0.463 e. The second kappa shape index (κ2) is 20.5. The Morgan fingerprint density at radius 1 is 0.788 bits per heavy atom. The smallest absolute Gasteiger partial charge is 0.269 e. The van der Waals surface area contributed by atoms with Crippen LogP contribution in [0.2, 0.25) is 0 Å². The zero-order chi connectivity index (χ0) is 46.0. The lowest BCUT2D eigenvalue weighted by Gasteiger charge is -2.29. The minimum absolute atomic E-state index is 0.0148. The van der Waals surface area contributed by atoms with Crippen LogP contribution in [-0.2, 0) is 16.1 Å². The molecule has 3 N–H and O–H groups in total. The summed E-state index contributed by atoms with van der Waals surface area (Å²) in [7, 11) is 0. The normalized spacial score (nSPS) is 14.2. The maximum Gasteiger partial charge on any atom is 0.269 e. The van der Waals surface area contributed by atoms with Crippen molar-refractivity contribution in [3.05, 3.63) is 159 Å². The third-order valence-electron chi connectivity index (χ3n) is 11.7. The molecule has 2 aliphatic rings. The summed E-state index contributed by atoms with van der Waals surface area (Å²) in [6.07, 6.45) is 8.80. The molecule has 1 atom stereocenters. The molecule has 14 nitrogen and oxygen atoms in total. The lowest BCUT2D eigenvalue weighted by atomic mass is 10.00. The Hall–Kier alpha value is -8.18. The molecule has 6 aromatic rings. The van der Waals surface area contributed by atoms with Crippen LogP contribution in [0.15, 0.2) is 126 Å². The number of non-ortho nitro benzene ring substituents is 1. The zero-order valence-electron chi connectivity index (χ0n) is 36.0. The molecular formula is C52H46N6O8. The predicted molar refractivity (Wildman–Crippen MR) is 248 cm³/mol. The summed E-state index contributed by atoms with van der Waals surface area (Å²) < 4.78 is 5.61. The summed E-state index contributed by atoms with van der Waals surface area (Å²) in [5, 5.41) is 19.4. The molecule has 2 aromatic heterocycles. The molecule has 66 heavy (non-hydrogen) atoms. The third kappa shape index (κ3) is 10.6. The Balaban J connectivity index is 0.742. The Morgan fingerprint density at radius 3 is 2.21 bits per heavy atom. The van der Waals surface area contributed by atoms with Gasteiger partial charge in [-0.3, -0.25) is 39.4 Å². The van der Waals surface area contributed by atoms with Crippen molar-refractivity contribution in [3.8, 4) is 45.7 Å². The molecular weight excluding hydrogens is 837 g/mol. The van der Waals surface area contributed by atoms with Gasteiger partial charge in [0, 0.05) is 71.6 Å². The number of nitro groups is 1. The number of anilines is 1. The first-order valence-corrected chi connectivity index (χ1v) is 22.0. The first kappa shape index (κ1) is 44.4. The lowest BCUT2D eigenvalue weighted by Crippen LogP contribution is -2.52. The first-order valence-electron chi connectivity index (χ1n) is 22.0. The van der Waals surface area contributed by atoms with Crippen molar-refractivity contribution >= 4 is 40.9 Å². The quantitative estimate of drug-likeness (QED) is 0.0279. The zero-order valence-corrected chi connectivity index (χ0v) is 36.0. The average Bonchev–Trinajstić information content (AvgIpc) is 4.00. The summed E-state index contributed by atoms with van der Waals surface area (Å²) in [4.78, 5) is 80.1. The second-order valence-electron chi connectivity index (χ2n) is 16.2. The fraction of sp³-hybridized carbons (Fsp3) is 0.231. The number of amides is 5. The summed E-state index contributed by atoms with van der Waals surface area (Å²) in [6.45, 7) is 0.868. The van der Waals surface area contributed by atoms with Gasteiger partial charge in [0.2, 0.25) is 11.8 Å². The van der Waals surface area contributed by atoms with E-state index in [1.54, 1.807) is 77.9 Å². The minimum atomic E-state index is -0.651. The number of nitrogens with zero attached hydrogens (tertiary/aromatic N) is 3. The van der Waals surface area contributed by atoms with Crippen LogP contribution in [0, 0.1) is 22.0 Å². The van der Waals surface area contributed by atoms with Crippen molar-refractivity contribution in [2.75, 3.05) is 11.9 Å². The molecule has 8 rings (SSSR count). The fourth-order valence-electron chi connectivity index (χ4n) is 8.08. The van der Waals surface area contributed by atoms with E-state index in [1.807, 2.05) is 36.4 Å². The van der Waals surface area contributed by atoms with Crippen LogP contribution in [0.1, 0.15) is 100.0 Å². The van der Waals surface area contributed by atoms with E-state index in [9.17, 15) is 34.1 Å². The number of carbonyl (C=O) groups is 5. The number of piperidine rings is 1. The summed E-state index contributed by atoms with van der Waals surface area (Å²) >= 11 is 0. The van der Waals surface area contributed by atoms with Gasteiger partial charge in [-0.2, -0.15) is 0 Å². The van der Waals surface area contributed by atoms with Gasteiger partial charge in [0.25, 0.3) is 23.4 Å². The summed E-state index contributed by atoms with van der Waals surface area (Å²) in [5.74, 6) is 5.62. The Kier molecular flexibility index (Phi) is 13.8. The van der Waals surface area contributed by atoms with Gasteiger partial charge in [-0.25, -0.2) is 4.98 Å². The van der Waals surface area contributed by atoms with Crippen LogP contribution in [0.5, 0.6) is 0 Å². The number of imide groups is 1. The molecule has 1 fully saturated rings. The van der Waals surface area contributed by atoms with E-state index in [0.29, 0.717) is 64.6 Å². The third-order valence-corrected chi connectivity index (χ3v) is 11.7. The van der Waals surface area contributed by atoms with Crippen LogP contribution < -0.4 is 16.0 Å². The van der Waals surface area contributed by atoms with Crippen molar-refractivity contribution < 1.29 is 33.3 Å². The predicted octanol–water partition coefficient (Wildman–Crippen LogP) is 9.11. The van der Waals surface area contributed by atoms with Gasteiger partial charge in [-0.15, -0.1) is 0 Å². The van der Waals surface area contributed by atoms with Crippen LogP contribution in [-0.4, -0.2) is 56.9 Å². The molecule has 0 spiro atoms. The van der Waals surface area contributed by atoms with Crippen LogP contribution in [0.25, 0.3) is 33.8 Å². The molecule has 1 saturated heterocycles. The SMILES string of the molecule is O=C1CCC(N2Cc3c(C#CCCCCCCCCNC(=O)c4ccc(NC(=O)c5ccc(-c6cc(-c7ccc([N+](=O)[O-])cc7)nc(-c7ccco7)c6)cc5)cc4)cccc3C2=O)C(=O)N1. The molecule has 332 valence electrons. The van der Waals surface area contributed by atoms with Crippen molar-refractivity contribution in [1.29, 1.82) is 0 Å². The molecule has 1 unspecified atom stereocenters. The van der Waals surface area contributed by atoms with Crippen molar-refractivity contribution in [1.82, 2.24) is 20.5 Å². The number of nitrogens with one attached hydrogen (secondary N) is 3. The fourth-order valence-corrected chi connectivity index (χ4v) is 8.08. The number of rotatable bonds is 16. The van der Waals surface area contributed by atoms with Crippen LogP contribution in [0.4, 0.5) is 11.4 Å². The standard InChI is InChI=1S/C52H46N6O8/c59-48-28-27-46(51(62)56-48)57-33-43-35(12-9-13-42(43)52(57)63)11-7-5-3-1-2-4-6-8-29-53-49(60)37-19-23-40(24-20-37)54-50(61)38-17-15-34(16-18-38)39-31-44(36-21-25-41(26-22-36)58(64)65)55-45(32-39)47-14-10-30-66-47/h9-10,12-26,30-32,46H,1-6,8,27-29,33H2,(H,53,60)(H,54,61)(H,56,59,62). The highest BCUT2D eigenvalue weighted by Crippen LogP contribution is 2.32. The molecule has 4 heterocycles. The van der Waals surface area contributed by atoms with Gasteiger partial charge in [0.1, 0.15) is 11.7 Å². The number of aromatic nitrogens is 1. The number of carbonyl (C=O) groups excluding carboxylic acids is 5. The molecule has 2 aliphatic heterocycles. The molecule has 4 aromatic carbocycles. The average molecular weight is 883 g/mol. The summed E-state index contributed by atoms with van der Waals surface area (Å²) in [6, 6.07) is 32.3. The maximum atomic E-state index is 13.2. The Bertz CT molecular complexity index is 2850. The molecule has 0 saturated carbocycles. The number of hydrogen-bond donors (Lipinski definition) is 3. The number of pyridine rings is 1. The van der Waals surface area contributed by atoms with Crippen LogP contribution in [0.3, 0.4) is 0 Å². The second-order valence-corrected chi connectivity index (χ2v) is 16.2. The van der Waals surface area contributed by atoms with E-state index < -0.39 is 16.9 Å². The van der Waals surface area contributed by atoms with E-state index in [0.717, 1.165) is 67.2 Å². The van der Waals surface area contributed by atoms with Gasteiger partial charge in [-0.1, -0.05) is 55.7 Å². The Morgan fingerprint density at radius 2 is 1.48 bits per heavy atom. The lowest BCUT2D eigenvalue weighted by molar-refractivity contribution is -0.384. The van der Waals surface area contributed by atoms with Crippen molar-refractivity contribution in [2.24, 2.45) is 0 Å². The van der Waals surface area contributed by atoms with Crippen molar-refractivity contribution in [3.63, 3.8) is 0 Å². The van der Waals surface area contributed by atoms with Gasteiger partial charge in [-0.05, 0) is 121 Å². The van der Waals surface area contributed by atoms with Gasteiger partial charge in [0.05, 0.1) is 16.9 Å². The van der Waals surface area contributed by atoms with E-state index in [-0.39, 0.29) is 35.7 Å². The minimum Gasteiger partial charge on any atom is -0.463 e. The van der Waals surface area contributed by atoms with Crippen LogP contribution >= 0.6 is 0 Å². The topological polar surface area (TPSA) is 194 Å². The van der Waals surface area contributed by atoms with E-state index in [4.69, 9.17) is 9.40 Å². The van der Waals surface area contributed by atoms with Gasteiger partial charge >= 0.3 is 0 Å². The van der Waals surface area contributed by atoms with E-state index in [1.165, 1.54) is 12.1 Å². The number of benzene rings is 4. The monoisotopic (exact) mass is 882 g/mol. The highest BCUT2D eigenvalue weighted by atomic mass is 16.6. The van der Waals surface area contributed by atoms with Crippen molar-refractivity contribution in [2.45, 2.75) is 70.4 Å². The number of fused-ring (bicyclic) bond motifs is 1. The first-order chi connectivity index (χ1) is 32.1. The van der Waals surface area contributed by atoms with Gasteiger partial charge in [0.15, 0.2) is 5.76 Å². The summed E-state index contributed by atoms with van der Waals surface area (Å²) in [5.41, 5.74) is 7.21. The Labute approximate surface area is 381 Å². The van der Waals surface area contributed by atoms with E-state index >= 15 is 0 Å². The van der Waals surface area contributed by atoms with E-state index in [2.05, 4.69) is 27.8 Å². The number of furan rings is 1. The maximum absolute atomic E-state index is 13.2. The molecule has 0 radical (unpaired) electrons.